The molecule has 0 saturated heterocycles. The summed E-state index contributed by atoms with van der Waals surface area (Å²) in [6.07, 6.45) is 11.7. The largest absolute Gasteiger partial charge is 0.413 e. The third-order valence-electron chi connectivity index (χ3n) is 10.6. The van der Waals surface area contributed by atoms with E-state index in [1.54, 1.807) is 0 Å². The monoisotopic (exact) mass is 576 g/mol. The summed E-state index contributed by atoms with van der Waals surface area (Å²) in [5.74, 6) is 3.27. The van der Waals surface area contributed by atoms with Crippen molar-refractivity contribution in [1.29, 1.82) is 0 Å². The first kappa shape index (κ1) is 31.3. The van der Waals surface area contributed by atoms with E-state index < -0.39 is 27.7 Å². The van der Waals surface area contributed by atoms with Crippen LogP contribution in [0.2, 0.25) is 23.2 Å². The Labute approximate surface area is 246 Å². The summed E-state index contributed by atoms with van der Waals surface area (Å²) in [5, 5.41) is 14.5. The van der Waals surface area contributed by atoms with Crippen molar-refractivity contribution in [2.24, 2.45) is 11.3 Å². The van der Waals surface area contributed by atoms with Gasteiger partial charge in [-0.3, -0.25) is 0 Å². The summed E-state index contributed by atoms with van der Waals surface area (Å²) in [4.78, 5) is 0. The molecule has 40 heavy (non-hydrogen) atoms. The molecule has 5 heteroatoms. The number of rotatable bonds is 9. The maximum Gasteiger partial charge on any atom is 0.261 e. The summed E-state index contributed by atoms with van der Waals surface area (Å²) in [5.41, 5.74) is -1.51. The van der Waals surface area contributed by atoms with Crippen LogP contribution < -0.4 is 10.4 Å². The van der Waals surface area contributed by atoms with Crippen LogP contribution in [0.5, 0.6) is 0 Å². The molecule has 2 saturated carbocycles. The van der Waals surface area contributed by atoms with E-state index in [1.165, 1.54) is 10.4 Å². The molecule has 2 fully saturated rings. The van der Waals surface area contributed by atoms with E-state index in [9.17, 15) is 5.11 Å². The van der Waals surface area contributed by atoms with E-state index in [4.69, 9.17) is 15.3 Å². The van der Waals surface area contributed by atoms with Crippen molar-refractivity contribution in [2.45, 2.75) is 115 Å². The molecule has 218 valence electrons. The lowest BCUT2D eigenvalue weighted by Crippen LogP contribution is -2.71. The van der Waals surface area contributed by atoms with Gasteiger partial charge in [0.1, 0.15) is 5.60 Å². The highest BCUT2D eigenvalue weighted by Gasteiger charge is 2.69. The number of benzene rings is 2. The van der Waals surface area contributed by atoms with Crippen LogP contribution in [0.15, 0.2) is 60.7 Å². The van der Waals surface area contributed by atoms with Crippen molar-refractivity contribution in [3.63, 3.8) is 0 Å². The Morgan fingerprint density at radius 1 is 0.900 bits per heavy atom. The lowest BCUT2D eigenvalue weighted by molar-refractivity contribution is -0.242. The van der Waals surface area contributed by atoms with Gasteiger partial charge in [-0.15, -0.1) is 6.42 Å². The fourth-order valence-corrected chi connectivity index (χ4v) is 13.4. The molecule has 2 aromatic rings. The second-order valence-corrected chi connectivity index (χ2v) is 23.9. The molecule has 0 aliphatic heterocycles. The van der Waals surface area contributed by atoms with Crippen LogP contribution in [0.3, 0.4) is 0 Å². The Hall–Kier alpha value is -1.69. The SMILES string of the molecule is C#C[C@@]1(O)C[C@@H]2CCC[C@@H](O[Si](C)(C)C(C)(C)C)[C@@]21CCCO[Si](c1ccccc1)(c1ccccc1)C(C)(C)C. The summed E-state index contributed by atoms with van der Waals surface area (Å²) in [6.45, 7) is 19.1. The van der Waals surface area contributed by atoms with Crippen molar-refractivity contribution in [3.05, 3.63) is 60.7 Å². The lowest BCUT2D eigenvalue weighted by Gasteiger charge is -2.66. The molecule has 4 rings (SSSR count). The Morgan fingerprint density at radius 3 is 1.93 bits per heavy atom. The molecule has 0 radical (unpaired) electrons. The molecule has 2 aliphatic rings. The standard InChI is InChI=1S/C35H52O3Si2/c1-10-34(36)27-28-19-17-24-31(38-39(8,9)32(2,3)4)35(28,34)25-18-26-37-40(33(5,6)7,29-20-13-11-14-21-29)30-22-15-12-16-23-30/h1,11-16,20-23,28,31,36H,17-19,24-27H2,2-9H3/t28-,31+,34+,35+/m0/s1. The van der Waals surface area contributed by atoms with Gasteiger partial charge in [0.25, 0.3) is 8.32 Å². The Balaban J connectivity index is 1.64. The van der Waals surface area contributed by atoms with Crippen LogP contribution in [0.1, 0.15) is 80.1 Å². The average molecular weight is 577 g/mol. The predicted molar refractivity (Wildman–Crippen MR) is 173 cm³/mol. The predicted octanol–water partition coefficient (Wildman–Crippen LogP) is 7.29. The summed E-state index contributed by atoms with van der Waals surface area (Å²) in [6, 6.07) is 21.7. The smallest absolute Gasteiger partial charge is 0.261 e. The van der Waals surface area contributed by atoms with Gasteiger partial charge in [0.05, 0.1) is 6.10 Å². The van der Waals surface area contributed by atoms with Crippen LogP contribution in [0.4, 0.5) is 0 Å². The Kier molecular flexibility index (Phi) is 8.74. The maximum absolute atomic E-state index is 11.8. The minimum Gasteiger partial charge on any atom is -0.413 e. The van der Waals surface area contributed by atoms with Gasteiger partial charge in [-0.25, -0.2) is 0 Å². The minimum atomic E-state index is -2.61. The molecule has 0 spiro atoms. The summed E-state index contributed by atoms with van der Waals surface area (Å²) in [7, 11) is -4.66. The van der Waals surface area contributed by atoms with Crippen LogP contribution >= 0.6 is 0 Å². The Bertz CT molecular complexity index is 1140. The third-order valence-corrected chi connectivity index (χ3v) is 20.1. The molecule has 0 amide bonds. The van der Waals surface area contributed by atoms with Crippen molar-refractivity contribution < 1.29 is 14.0 Å². The number of fused-ring (bicyclic) bond motifs is 1. The molecule has 2 aromatic carbocycles. The zero-order valence-electron chi connectivity index (χ0n) is 26.2. The maximum atomic E-state index is 11.8. The van der Waals surface area contributed by atoms with E-state index in [-0.39, 0.29) is 16.2 Å². The molecule has 1 N–H and O–H groups in total. The zero-order valence-corrected chi connectivity index (χ0v) is 28.2. The van der Waals surface area contributed by atoms with Gasteiger partial charge in [0, 0.05) is 12.0 Å². The van der Waals surface area contributed by atoms with Crippen molar-refractivity contribution in [1.82, 2.24) is 0 Å². The van der Waals surface area contributed by atoms with Gasteiger partial charge in [-0.1, -0.05) is 115 Å². The second kappa shape index (κ2) is 11.2. The first-order valence-electron chi connectivity index (χ1n) is 15.3. The van der Waals surface area contributed by atoms with Crippen molar-refractivity contribution in [3.8, 4) is 12.3 Å². The molecule has 4 atom stereocenters. The van der Waals surface area contributed by atoms with Crippen LogP contribution in [0, 0.1) is 23.7 Å². The first-order chi connectivity index (χ1) is 18.6. The Morgan fingerprint density at radius 2 is 1.45 bits per heavy atom. The van der Waals surface area contributed by atoms with Gasteiger partial charge in [0.2, 0.25) is 0 Å². The van der Waals surface area contributed by atoms with E-state index in [2.05, 4.69) is 121 Å². The molecular weight excluding hydrogens is 525 g/mol. The zero-order chi connectivity index (χ0) is 29.5. The molecular formula is C35H52O3Si2. The fourth-order valence-electron chi connectivity index (χ4n) is 7.44. The van der Waals surface area contributed by atoms with Crippen molar-refractivity contribution >= 4 is 27.0 Å². The summed E-state index contributed by atoms with van der Waals surface area (Å²) >= 11 is 0. The minimum absolute atomic E-state index is 0.00481. The van der Waals surface area contributed by atoms with E-state index in [0.29, 0.717) is 18.9 Å². The molecule has 0 aromatic heterocycles. The molecule has 3 nitrogen and oxygen atoms in total. The quantitative estimate of drug-likeness (QED) is 0.194. The highest BCUT2D eigenvalue weighted by Crippen LogP contribution is 2.65. The topological polar surface area (TPSA) is 38.7 Å². The van der Waals surface area contributed by atoms with Gasteiger partial charge in [-0.05, 0) is 71.6 Å². The van der Waals surface area contributed by atoms with Crippen molar-refractivity contribution in [2.75, 3.05) is 6.61 Å². The highest BCUT2D eigenvalue weighted by molar-refractivity contribution is 6.99. The number of terminal acetylenes is 1. The first-order valence-corrected chi connectivity index (χ1v) is 20.1. The highest BCUT2D eigenvalue weighted by atomic mass is 28.4. The number of aliphatic hydroxyl groups is 1. The second-order valence-electron chi connectivity index (χ2n) is 14.9. The van der Waals surface area contributed by atoms with Crippen LogP contribution in [-0.4, -0.2) is 40.1 Å². The fraction of sp³-hybridized carbons (Fsp3) is 0.600. The van der Waals surface area contributed by atoms with Gasteiger partial charge < -0.3 is 14.0 Å². The van der Waals surface area contributed by atoms with Gasteiger partial charge >= 0.3 is 0 Å². The molecule has 2 aliphatic carbocycles. The van der Waals surface area contributed by atoms with E-state index in [1.807, 2.05) is 0 Å². The normalized spacial score (nSPS) is 27.4. The van der Waals surface area contributed by atoms with Gasteiger partial charge in [0.15, 0.2) is 8.32 Å². The van der Waals surface area contributed by atoms with Crippen LogP contribution in [0.25, 0.3) is 0 Å². The van der Waals surface area contributed by atoms with E-state index >= 15 is 0 Å². The molecule has 0 unspecified atom stereocenters. The lowest BCUT2D eigenvalue weighted by atomic mass is 9.43. The summed E-state index contributed by atoms with van der Waals surface area (Å²) < 4.78 is 14.3. The molecule has 0 heterocycles. The third kappa shape index (κ3) is 5.20. The van der Waals surface area contributed by atoms with Crippen LogP contribution in [-0.2, 0) is 8.85 Å². The number of hydrogen-bond acceptors (Lipinski definition) is 3. The molecule has 0 bridgehead atoms. The van der Waals surface area contributed by atoms with Gasteiger partial charge in [-0.2, -0.15) is 0 Å². The van der Waals surface area contributed by atoms with E-state index in [0.717, 1.165) is 32.1 Å². The number of hydrogen-bond donors (Lipinski definition) is 1. The average Bonchev–Trinajstić information content (AvgIpc) is 2.89.